The monoisotopic (exact) mass is 238 g/mol. The first-order valence-corrected chi connectivity index (χ1v) is 7.27. The summed E-state index contributed by atoms with van der Waals surface area (Å²) in [5.41, 5.74) is 6.12. The number of carbonyl (C=O) groups is 1. The largest absolute Gasteiger partial charge is 0.340 e. The van der Waals surface area contributed by atoms with Crippen LogP contribution in [0.3, 0.4) is 0 Å². The molecule has 3 heteroatoms. The molecule has 3 unspecified atom stereocenters. The van der Waals surface area contributed by atoms with Crippen molar-refractivity contribution in [3.8, 4) is 0 Å². The fraction of sp³-hybridized carbons (Fsp3) is 0.929. The highest BCUT2D eigenvalue weighted by Gasteiger charge is 2.31. The van der Waals surface area contributed by atoms with E-state index in [0.717, 1.165) is 25.8 Å². The van der Waals surface area contributed by atoms with Crippen molar-refractivity contribution in [1.29, 1.82) is 0 Å². The summed E-state index contributed by atoms with van der Waals surface area (Å²) in [6.45, 7) is 3.15. The average molecular weight is 238 g/mol. The summed E-state index contributed by atoms with van der Waals surface area (Å²) >= 11 is 0. The van der Waals surface area contributed by atoms with Gasteiger partial charge in [-0.2, -0.15) is 0 Å². The van der Waals surface area contributed by atoms with Gasteiger partial charge in [-0.3, -0.25) is 4.79 Å². The summed E-state index contributed by atoms with van der Waals surface area (Å²) in [5, 5.41) is 0. The molecular formula is C14H26N2O. The Hall–Kier alpha value is -0.570. The van der Waals surface area contributed by atoms with Gasteiger partial charge in [0.25, 0.3) is 0 Å². The molecule has 2 rings (SSSR count). The van der Waals surface area contributed by atoms with Crippen LogP contribution in [0.25, 0.3) is 0 Å². The van der Waals surface area contributed by atoms with E-state index >= 15 is 0 Å². The lowest BCUT2D eigenvalue weighted by molar-refractivity contribution is -0.133. The third-order valence-corrected chi connectivity index (χ3v) is 4.57. The second-order valence-electron chi connectivity index (χ2n) is 5.70. The van der Waals surface area contributed by atoms with Gasteiger partial charge >= 0.3 is 0 Å². The third kappa shape index (κ3) is 3.01. The Morgan fingerprint density at radius 3 is 2.71 bits per heavy atom. The van der Waals surface area contributed by atoms with Gasteiger partial charge in [0.1, 0.15) is 0 Å². The molecule has 98 valence electrons. The van der Waals surface area contributed by atoms with E-state index in [2.05, 4.69) is 11.8 Å². The Morgan fingerprint density at radius 2 is 2.00 bits per heavy atom. The molecule has 0 aromatic rings. The molecule has 1 heterocycles. The number of amides is 1. The van der Waals surface area contributed by atoms with E-state index in [-0.39, 0.29) is 6.04 Å². The van der Waals surface area contributed by atoms with Gasteiger partial charge in [-0.1, -0.05) is 19.8 Å². The molecule has 1 aliphatic heterocycles. The Bertz CT molecular complexity index is 267. The first-order chi connectivity index (χ1) is 8.22. The lowest BCUT2D eigenvalue weighted by atomic mass is 9.82. The molecule has 3 nitrogen and oxygen atoms in total. The smallest absolute Gasteiger partial charge is 0.223 e. The molecule has 0 aromatic carbocycles. The fourth-order valence-corrected chi connectivity index (χ4v) is 3.42. The Labute approximate surface area is 105 Å². The van der Waals surface area contributed by atoms with Crippen molar-refractivity contribution < 1.29 is 4.79 Å². The van der Waals surface area contributed by atoms with Crippen molar-refractivity contribution in [3.05, 3.63) is 0 Å². The molecule has 2 fully saturated rings. The average Bonchev–Trinajstić information content (AvgIpc) is 2.80. The van der Waals surface area contributed by atoms with Crippen LogP contribution in [0, 0.1) is 5.92 Å². The lowest BCUT2D eigenvalue weighted by Crippen LogP contribution is -2.40. The third-order valence-electron chi connectivity index (χ3n) is 4.57. The van der Waals surface area contributed by atoms with Crippen molar-refractivity contribution in [1.82, 2.24) is 4.90 Å². The molecule has 0 spiro atoms. The summed E-state index contributed by atoms with van der Waals surface area (Å²) in [7, 11) is 0. The topological polar surface area (TPSA) is 46.3 Å². The molecule has 17 heavy (non-hydrogen) atoms. The van der Waals surface area contributed by atoms with Crippen LogP contribution < -0.4 is 5.73 Å². The van der Waals surface area contributed by atoms with Crippen LogP contribution in [0.15, 0.2) is 0 Å². The highest BCUT2D eigenvalue weighted by atomic mass is 16.2. The minimum Gasteiger partial charge on any atom is -0.340 e. The summed E-state index contributed by atoms with van der Waals surface area (Å²) < 4.78 is 0. The SMILES string of the molecule is CCC1CCCN1C(=O)CC1CCCCC1N. The quantitative estimate of drug-likeness (QED) is 0.820. The number of nitrogens with zero attached hydrogens (tertiary/aromatic N) is 1. The van der Waals surface area contributed by atoms with Crippen LogP contribution in [-0.2, 0) is 4.79 Å². The van der Waals surface area contributed by atoms with E-state index in [0.29, 0.717) is 24.3 Å². The summed E-state index contributed by atoms with van der Waals surface area (Å²) in [5.74, 6) is 0.797. The lowest BCUT2D eigenvalue weighted by Gasteiger charge is -2.31. The van der Waals surface area contributed by atoms with Gasteiger partial charge in [-0.15, -0.1) is 0 Å². The molecule has 1 amide bonds. The molecule has 3 atom stereocenters. The minimum atomic E-state index is 0.260. The van der Waals surface area contributed by atoms with E-state index in [1.807, 2.05) is 0 Å². The molecule has 1 aliphatic carbocycles. The zero-order valence-electron chi connectivity index (χ0n) is 11.0. The maximum atomic E-state index is 12.3. The molecular weight excluding hydrogens is 212 g/mol. The van der Waals surface area contributed by atoms with E-state index < -0.39 is 0 Å². The number of carbonyl (C=O) groups excluding carboxylic acids is 1. The van der Waals surface area contributed by atoms with Crippen LogP contribution in [0.5, 0.6) is 0 Å². The number of hydrogen-bond donors (Lipinski definition) is 1. The second-order valence-corrected chi connectivity index (χ2v) is 5.70. The predicted molar refractivity (Wildman–Crippen MR) is 69.6 cm³/mol. The van der Waals surface area contributed by atoms with Crippen LogP contribution >= 0.6 is 0 Å². The molecule has 1 saturated carbocycles. The van der Waals surface area contributed by atoms with Crippen molar-refractivity contribution in [2.75, 3.05) is 6.54 Å². The second kappa shape index (κ2) is 5.85. The van der Waals surface area contributed by atoms with E-state index in [1.165, 1.54) is 25.7 Å². The highest BCUT2D eigenvalue weighted by molar-refractivity contribution is 5.77. The van der Waals surface area contributed by atoms with Crippen LogP contribution in [0.2, 0.25) is 0 Å². The van der Waals surface area contributed by atoms with Crippen LogP contribution in [-0.4, -0.2) is 29.4 Å². The molecule has 1 saturated heterocycles. The van der Waals surface area contributed by atoms with Crippen LogP contribution in [0.1, 0.15) is 58.3 Å². The number of hydrogen-bond acceptors (Lipinski definition) is 2. The van der Waals surface area contributed by atoms with Crippen molar-refractivity contribution in [2.45, 2.75) is 70.4 Å². The van der Waals surface area contributed by atoms with Crippen molar-refractivity contribution in [3.63, 3.8) is 0 Å². The molecule has 2 aliphatic rings. The van der Waals surface area contributed by atoms with Gasteiger partial charge in [-0.25, -0.2) is 0 Å². The maximum Gasteiger partial charge on any atom is 0.223 e. The molecule has 2 N–H and O–H groups in total. The number of likely N-dealkylation sites (tertiary alicyclic amines) is 1. The summed E-state index contributed by atoms with van der Waals surface area (Å²) in [6, 6.07) is 0.762. The van der Waals surface area contributed by atoms with Gasteiger partial charge in [0.05, 0.1) is 0 Å². The Kier molecular flexibility index (Phi) is 4.43. The normalized spacial score (nSPS) is 34.0. The summed E-state index contributed by atoms with van der Waals surface area (Å²) in [6.07, 6.45) is 8.92. The van der Waals surface area contributed by atoms with Gasteiger partial charge in [0.15, 0.2) is 0 Å². The Morgan fingerprint density at radius 1 is 1.24 bits per heavy atom. The van der Waals surface area contributed by atoms with Crippen LogP contribution in [0.4, 0.5) is 0 Å². The fourth-order valence-electron chi connectivity index (χ4n) is 3.42. The zero-order valence-corrected chi connectivity index (χ0v) is 11.0. The highest BCUT2D eigenvalue weighted by Crippen LogP contribution is 2.28. The number of rotatable bonds is 3. The minimum absolute atomic E-state index is 0.260. The Balaban J connectivity index is 1.87. The van der Waals surface area contributed by atoms with Crippen molar-refractivity contribution in [2.24, 2.45) is 11.7 Å². The van der Waals surface area contributed by atoms with Gasteiger partial charge < -0.3 is 10.6 Å². The number of nitrogens with two attached hydrogens (primary N) is 1. The standard InChI is InChI=1S/C14H26N2O/c1-2-12-7-5-9-16(12)14(17)10-11-6-3-4-8-13(11)15/h11-13H,2-10,15H2,1H3. The first kappa shape index (κ1) is 12.9. The van der Waals surface area contributed by atoms with E-state index in [4.69, 9.17) is 5.73 Å². The summed E-state index contributed by atoms with van der Waals surface area (Å²) in [4.78, 5) is 14.4. The molecule has 0 bridgehead atoms. The van der Waals surface area contributed by atoms with Gasteiger partial charge in [0.2, 0.25) is 5.91 Å². The van der Waals surface area contributed by atoms with E-state index in [1.54, 1.807) is 0 Å². The zero-order chi connectivity index (χ0) is 12.3. The van der Waals surface area contributed by atoms with Crippen molar-refractivity contribution >= 4 is 5.91 Å². The van der Waals surface area contributed by atoms with Gasteiger partial charge in [0, 0.05) is 25.0 Å². The molecule has 0 radical (unpaired) electrons. The first-order valence-electron chi connectivity index (χ1n) is 7.27. The molecule has 0 aromatic heterocycles. The predicted octanol–water partition coefficient (Wildman–Crippen LogP) is 2.30. The maximum absolute atomic E-state index is 12.3. The van der Waals surface area contributed by atoms with Gasteiger partial charge in [-0.05, 0) is 38.0 Å². The van der Waals surface area contributed by atoms with E-state index in [9.17, 15) is 4.79 Å².